The van der Waals surface area contributed by atoms with E-state index in [1.807, 2.05) is 36.4 Å². The highest BCUT2D eigenvalue weighted by atomic mass is 16.5. The predicted molar refractivity (Wildman–Crippen MR) is 126 cm³/mol. The molecule has 0 unspecified atom stereocenters. The fourth-order valence-electron chi connectivity index (χ4n) is 4.12. The number of aromatic hydroxyl groups is 1. The maximum atomic E-state index is 12.2. The molecule has 0 heterocycles. The van der Waals surface area contributed by atoms with Crippen molar-refractivity contribution in [2.24, 2.45) is 0 Å². The number of benzene rings is 3. The van der Waals surface area contributed by atoms with Gasteiger partial charge in [0.05, 0.1) is 11.3 Å². The zero-order chi connectivity index (χ0) is 24.1. The first-order valence-electron chi connectivity index (χ1n) is 10.9. The quantitative estimate of drug-likeness (QED) is 0.293. The zero-order valence-corrected chi connectivity index (χ0v) is 18.3. The van der Waals surface area contributed by atoms with Crippen LogP contribution in [0.2, 0.25) is 0 Å². The van der Waals surface area contributed by atoms with Crippen molar-refractivity contribution in [3.8, 4) is 16.9 Å². The van der Waals surface area contributed by atoms with Crippen LogP contribution < -0.4 is 10.6 Å². The smallest absolute Gasteiger partial charge is 0.407 e. The Morgan fingerprint density at radius 1 is 0.912 bits per heavy atom. The first-order valence-corrected chi connectivity index (χ1v) is 10.9. The number of hydrogen-bond donors (Lipinski definition) is 4. The largest absolute Gasteiger partial charge is 0.508 e. The zero-order valence-electron chi connectivity index (χ0n) is 18.3. The molecule has 1 aliphatic carbocycles. The Bertz CT molecular complexity index is 1190. The number of aromatic carboxylic acids is 1. The van der Waals surface area contributed by atoms with Crippen molar-refractivity contribution in [3.63, 3.8) is 0 Å². The molecular formula is C26H24N2O6. The predicted octanol–water partition coefficient (Wildman–Crippen LogP) is 4.35. The standard InChI is InChI=1S/C26H24N2O6/c29-16-11-12-23(21(14-16)25(31)32)28-24(30)10-5-13-27-26(33)34-15-22-19-8-3-1-6-17(19)18-7-2-4-9-20(18)22/h1-4,6-9,11-12,14,22,29H,5,10,13,15H2,(H,27,33)(H,28,30)(H,31,32). The second kappa shape index (κ2) is 10.1. The molecule has 8 heteroatoms. The summed E-state index contributed by atoms with van der Waals surface area (Å²) in [5.74, 6) is -1.90. The lowest BCUT2D eigenvalue weighted by molar-refractivity contribution is -0.116. The Morgan fingerprint density at radius 2 is 1.56 bits per heavy atom. The van der Waals surface area contributed by atoms with E-state index in [2.05, 4.69) is 22.8 Å². The minimum atomic E-state index is -1.26. The number of amides is 2. The maximum Gasteiger partial charge on any atom is 0.407 e. The number of alkyl carbamates (subject to hydrolysis) is 1. The highest BCUT2D eigenvalue weighted by Crippen LogP contribution is 2.44. The van der Waals surface area contributed by atoms with Gasteiger partial charge in [-0.25, -0.2) is 9.59 Å². The first kappa shape index (κ1) is 22.8. The summed E-state index contributed by atoms with van der Waals surface area (Å²) < 4.78 is 5.46. The summed E-state index contributed by atoms with van der Waals surface area (Å²) in [6, 6.07) is 19.8. The molecule has 0 bridgehead atoms. The van der Waals surface area contributed by atoms with Crippen LogP contribution in [0.5, 0.6) is 5.75 Å². The number of carboxylic acids is 1. The fourth-order valence-corrected chi connectivity index (χ4v) is 4.12. The van der Waals surface area contributed by atoms with Gasteiger partial charge in [-0.1, -0.05) is 48.5 Å². The summed E-state index contributed by atoms with van der Waals surface area (Å²) in [6.07, 6.45) is -0.144. The van der Waals surface area contributed by atoms with Crippen molar-refractivity contribution >= 4 is 23.7 Å². The van der Waals surface area contributed by atoms with Crippen LogP contribution in [0.4, 0.5) is 10.5 Å². The molecule has 0 aromatic heterocycles. The minimum Gasteiger partial charge on any atom is -0.508 e. The molecule has 2 amide bonds. The summed E-state index contributed by atoms with van der Waals surface area (Å²) in [7, 11) is 0. The Kier molecular flexibility index (Phi) is 6.77. The lowest BCUT2D eigenvalue weighted by Gasteiger charge is -2.14. The minimum absolute atomic E-state index is 0.0299. The van der Waals surface area contributed by atoms with Gasteiger partial charge in [-0.15, -0.1) is 0 Å². The fraction of sp³-hybridized carbons (Fsp3) is 0.192. The number of hydrogen-bond acceptors (Lipinski definition) is 5. The van der Waals surface area contributed by atoms with Crippen molar-refractivity contribution in [2.75, 3.05) is 18.5 Å². The van der Waals surface area contributed by atoms with Crippen LogP contribution in [0.3, 0.4) is 0 Å². The average Bonchev–Trinajstić information content (AvgIpc) is 3.15. The molecular weight excluding hydrogens is 436 g/mol. The van der Waals surface area contributed by atoms with Gasteiger partial charge in [-0.3, -0.25) is 4.79 Å². The Morgan fingerprint density at radius 3 is 2.21 bits per heavy atom. The van der Waals surface area contributed by atoms with E-state index in [-0.39, 0.29) is 42.5 Å². The Balaban J connectivity index is 1.23. The molecule has 4 rings (SSSR count). The van der Waals surface area contributed by atoms with Gasteiger partial charge in [0, 0.05) is 18.9 Å². The Hall–Kier alpha value is -4.33. The van der Waals surface area contributed by atoms with E-state index in [4.69, 9.17) is 4.74 Å². The molecule has 34 heavy (non-hydrogen) atoms. The van der Waals surface area contributed by atoms with Crippen LogP contribution >= 0.6 is 0 Å². The SMILES string of the molecule is O=C(CCCNC(=O)OCC1c2ccccc2-c2ccccc21)Nc1ccc(O)cc1C(=O)O. The molecule has 0 aliphatic heterocycles. The van der Waals surface area contributed by atoms with Crippen LogP contribution in [0.25, 0.3) is 11.1 Å². The number of ether oxygens (including phenoxy) is 1. The Labute approximate surface area is 196 Å². The van der Waals surface area contributed by atoms with Crippen molar-refractivity contribution < 1.29 is 29.3 Å². The summed E-state index contributed by atoms with van der Waals surface area (Å²) in [5.41, 5.74) is 4.45. The van der Waals surface area contributed by atoms with Gasteiger partial charge >= 0.3 is 12.1 Å². The summed E-state index contributed by atoms with van der Waals surface area (Å²) in [6.45, 7) is 0.435. The number of anilines is 1. The lowest BCUT2D eigenvalue weighted by atomic mass is 9.98. The van der Waals surface area contributed by atoms with Crippen molar-refractivity contribution in [1.29, 1.82) is 0 Å². The van der Waals surface area contributed by atoms with E-state index in [1.54, 1.807) is 0 Å². The van der Waals surface area contributed by atoms with Crippen molar-refractivity contribution in [1.82, 2.24) is 5.32 Å². The lowest BCUT2D eigenvalue weighted by Crippen LogP contribution is -2.27. The number of carboxylic acid groups (broad SMARTS) is 1. The van der Waals surface area contributed by atoms with Gasteiger partial charge in [0.2, 0.25) is 5.91 Å². The second-order valence-corrected chi connectivity index (χ2v) is 7.94. The number of carbonyl (C=O) groups excluding carboxylic acids is 2. The first-order chi connectivity index (χ1) is 16.4. The molecule has 4 N–H and O–H groups in total. The summed E-state index contributed by atoms with van der Waals surface area (Å²) >= 11 is 0. The number of phenolic OH excluding ortho intramolecular Hbond substituents is 1. The van der Waals surface area contributed by atoms with Gasteiger partial charge in [0.25, 0.3) is 0 Å². The average molecular weight is 460 g/mol. The second-order valence-electron chi connectivity index (χ2n) is 7.94. The molecule has 1 aliphatic rings. The highest BCUT2D eigenvalue weighted by Gasteiger charge is 2.28. The number of carbonyl (C=O) groups is 3. The van der Waals surface area contributed by atoms with E-state index in [0.717, 1.165) is 28.3 Å². The molecule has 0 fully saturated rings. The van der Waals surface area contributed by atoms with Crippen LogP contribution in [-0.4, -0.2) is 41.3 Å². The topological polar surface area (TPSA) is 125 Å². The van der Waals surface area contributed by atoms with Crippen LogP contribution in [0.1, 0.15) is 40.2 Å². The van der Waals surface area contributed by atoms with Crippen LogP contribution in [0.15, 0.2) is 66.7 Å². The molecule has 174 valence electrons. The molecule has 8 nitrogen and oxygen atoms in total. The number of phenols is 1. The molecule has 3 aromatic rings. The summed E-state index contributed by atoms with van der Waals surface area (Å²) in [5, 5.41) is 23.8. The van der Waals surface area contributed by atoms with E-state index >= 15 is 0 Å². The monoisotopic (exact) mass is 460 g/mol. The molecule has 0 spiro atoms. The number of fused-ring (bicyclic) bond motifs is 3. The normalized spacial score (nSPS) is 11.9. The number of nitrogens with one attached hydrogen (secondary N) is 2. The van der Waals surface area contributed by atoms with Crippen LogP contribution in [-0.2, 0) is 9.53 Å². The van der Waals surface area contributed by atoms with E-state index in [1.165, 1.54) is 12.1 Å². The van der Waals surface area contributed by atoms with Crippen LogP contribution in [0, 0.1) is 0 Å². The molecule has 0 radical (unpaired) electrons. The van der Waals surface area contributed by atoms with Crippen molar-refractivity contribution in [3.05, 3.63) is 83.4 Å². The van der Waals surface area contributed by atoms with Gasteiger partial charge in [0.1, 0.15) is 12.4 Å². The van der Waals surface area contributed by atoms with E-state index in [0.29, 0.717) is 6.42 Å². The van der Waals surface area contributed by atoms with Gasteiger partial charge < -0.3 is 25.6 Å². The molecule has 0 saturated heterocycles. The summed E-state index contributed by atoms with van der Waals surface area (Å²) in [4.78, 5) is 35.6. The third-order valence-electron chi connectivity index (χ3n) is 5.70. The van der Waals surface area contributed by atoms with E-state index < -0.39 is 18.0 Å². The molecule has 0 saturated carbocycles. The molecule has 0 atom stereocenters. The maximum absolute atomic E-state index is 12.2. The van der Waals surface area contributed by atoms with Gasteiger partial charge in [-0.05, 0) is 46.9 Å². The van der Waals surface area contributed by atoms with E-state index in [9.17, 15) is 24.6 Å². The number of rotatable bonds is 8. The molecule has 3 aromatic carbocycles. The van der Waals surface area contributed by atoms with Gasteiger partial charge in [0.15, 0.2) is 0 Å². The van der Waals surface area contributed by atoms with Crippen molar-refractivity contribution in [2.45, 2.75) is 18.8 Å². The third-order valence-corrected chi connectivity index (χ3v) is 5.70. The highest BCUT2D eigenvalue weighted by molar-refractivity contribution is 6.00. The third kappa shape index (κ3) is 5.01. The van der Waals surface area contributed by atoms with Gasteiger partial charge in [-0.2, -0.15) is 0 Å².